The maximum absolute atomic E-state index is 13.3. The first-order valence-corrected chi connectivity index (χ1v) is 13.4. The Bertz CT molecular complexity index is 2190. The van der Waals surface area contributed by atoms with Gasteiger partial charge in [-0.25, -0.2) is 9.97 Å². The van der Waals surface area contributed by atoms with E-state index in [0.29, 0.717) is 33.4 Å². The fourth-order valence-electron chi connectivity index (χ4n) is 5.23. The molecule has 0 aliphatic rings. The number of rotatable bonds is 4. The number of para-hydroxylation sites is 2. The predicted octanol–water partition coefficient (Wildman–Crippen LogP) is 2.56. The van der Waals surface area contributed by atoms with Gasteiger partial charge in [-0.1, -0.05) is 12.1 Å². The van der Waals surface area contributed by atoms with Gasteiger partial charge >= 0.3 is 0 Å². The Kier molecular flexibility index (Phi) is 5.81. The van der Waals surface area contributed by atoms with Crippen molar-refractivity contribution in [1.29, 1.82) is 0 Å². The standard InChI is InChI=1S/C28H24N14O2/c1-11-9-13(3)31-23-17(11)25-37-35-19(21(29)41(25)39-23)27(43)33-15-7-5-6-8-16(15)34-28(44)20-22(30)42-26(38-36-20)18-12(2)10-14(4)32-24(18)40-42/h5-10H,29-30H2,1-4H3,(H,33,43)(H,34,44). The van der Waals surface area contributed by atoms with E-state index in [1.807, 2.05) is 39.8 Å². The predicted molar refractivity (Wildman–Crippen MR) is 162 cm³/mol. The number of amides is 2. The van der Waals surface area contributed by atoms with E-state index >= 15 is 0 Å². The molecule has 6 N–H and O–H groups in total. The number of carbonyl (C=O) groups is 2. The average Bonchev–Trinajstić information content (AvgIpc) is 3.54. The maximum atomic E-state index is 13.3. The molecule has 0 radical (unpaired) electrons. The van der Waals surface area contributed by atoms with Crippen molar-refractivity contribution >= 4 is 68.2 Å². The fourth-order valence-corrected chi connectivity index (χ4v) is 5.23. The minimum Gasteiger partial charge on any atom is -0.382 e. The fraction of sp³-hybridized carbons (Fsp3) is 0.143. The summed E-state index contributed by atoms with van der Waals surface area (Å²) < 4.78 is 2.68. The Morgan fingerprint density at radius 2 is 1.07 bits per heavy atom. The van der Waals surface area contributed by atoms with E-state index in [-0.39, 0.29) is 34.4 Å². The molecule has 0 unspecified atom stereocenters. The Morgan fingerprint density at radius 3 is 1.48 bits per heavy atom. The summed E-state index contributed by atoms with van der Waals surface area (Å²) in [6.45, 7) is 7.54. The Morgan fingerprint density at radius 1 is 0.659 bits per heavy atom. The van der Waals surface area contributed by atoms with E-state index in [4.69, 9.17) is 11.5 Å². The second-order valence-electron chi connectivity index (χ2n) is 10.4. The minimum atomic E-state index is -0.666. The third-order valence-electron chi connectivity index (χ3n) is 7.17. The number of nitrogen functional groups attached to an aromatic ring is 2. The van der Waals surface area contributed by atoms with Gasteiger partial charge in [0, 0.05) is 11.4 Å². The molecule has 0 aliphatic carbocycles. The summed E-state index contributed by atoms with van der Waals surface area (Å²) in [7, 11) is 0. The van der Waals surface area contributed by atoms with E-state index < -0.39 is 11.8 Å². The van der Waals surface area contributed by atoms with Gasteiger partial charge < -0.3 is 22.1 Å². The average molecular weight is 589 g/mol. The van der Waals surface area contributed by atoms with Crippen LogP contribution in [0.25, 0.3) is 33.4 Å². The van der Waals surface area contributed by atoms with Gasteiger partial charge in [-0.05, 0) is 63.1 Å². The molecular formula is C28H24N14O2. The number of nitrogens with one attached hydrogen (secondary N) is 2. The summed E-state index contributed by atoms with van der Waals surface area (Å²) in [6, 6.07) is 10.4. The Balaban J connectivity index is 1.19. The van der Waals surface area contributed by atoms with Gasteiger partial charge in [0.05, 0.1) is 22.1 Å². The minimum absolute atomic E-state index is 0.0213. The van der Waals surface area contributed by atoms with Crippen molar-refractivity contribution in [3.05, 3.63) is 70.3 Å². The molecule has 7 aromatic rings. The molecule has 0 fully saturated rings. The van der Waals surface area contributed by atoms with Crippen LogP contribution in [0.1, 0.15) is 43.5 Å². The lowest BCUT2D eigenvalue weighted by Gasteiger charge is -2.13. The number of nitrogens with zero attached hydrogens (tertiary/aromatic N) is 10. The second-order valence-corrected chi connectivity index (χ2v) is 10.4. The van der Waals surface area contributed by atoms with Crippen LogP contribution in [0.5, 0.6) is 0 Å². The highest BCUT2D eigenvalue weighted by molar-refractivity contribution is 6.11. The molecule has 0 spiro atoms. The first-order chi connectivity index (χ1) is 21.1. The van der Waals surface area contributed by atoms with E-state index in [1.165, 1.54) is 9.03 Å². The van der Waals surface area contributed by atoms with Crippen LogP contribution in [0.2, 0.25) is 0 Å². The van der Waals surface area contributed by atoms with E-state index in [1.54, 1.807) is 24.3 Å². The molecule has 1 aromatic carbocycles. The van der Waals surface area contributed by atoms with E-state index in [2.05, 4.69) is 51.2 Å². The molecule has 0 saturated carbocycles. The number of aromatic nitrogens is 10. The number of hydrogen-bond acceptors (Lipinski definition) is 12. The van der Waals surface area contributed by atoms with Crippen LogP contribution in [-0.4, -0.2) is 61.4 Å². The zero-order valence-corrected chi connectivity index (χ0v) is 23.9. The molecule has 0 saturated heterocycles. The largest absolute Gasteiger partial charge is 0.382 e. The number of aryl methyl sites for hydroxylation is 4. The van der Waals surface area contributed by atoms with E-state index in [9.17, 15) is 9.59 Å². The molecule has 0 aliphatic heterocycles. The summed E-state index contributed by atoms with van der Waals surface area (Å²) in [4.78, 5) is 35.6. The lowest BCUT2D eigenvalue weighted by atomic mass is 10.2. The molecule has 0 atom stereocenters. The third kappa shape index (κ3) is 4.07. The van der Waals surface area contributed by atoms with Gasteiger partial charge in [0.1, 0.15) is 0 Å². The van der Waals surface area contributed by atoms with Crippen molar-refractivity contribution in [3.63, 3.8) is 0 Å². The van der Waals surface area contributed by atoms with Gasteiger partial charge in [0.2, 0.25) is 0 Å². The summed E-state index contributed by atoms with van der Waals surface area (Å²) in [5.41, 5.74) is 17.9. The molecule has 6 aromatic heterocycles. The Labute approximate surface area is 247 Å². The summed E-state index contributed by atoms with van der Waals surface area (Å²) in [6.07, 6.45) is 0. The van der Waals surface area contributed by atoms with Crippen LogP contribution < -0.4 is 22.1 Å². The smallest absolute Gasteiger partial charge is 0.280 e. The van der Waals surface area contributed by atoms with Crippen LogP contribution >= 0.6 is 0 Å². The SMILES string of the molecule is Cc1cc(C)c2c(n1)nn1c(N)c(C(=O)Nc3ccccc3NC(=O)c3nnc4c5c(C)cc(C)nc5nn4c3N)nnc21. The Hall–Kier alpha value is -6.32. The van der Waals surface area contributed by atoms with Crippen LogP contribution in [-0.2, 0) is 0 Å². The summed E-state index contributed by atoms with van der Waals surface area (Å²) >= 11 is 0. The van der Waals surface area contributed by atoms with Gasteiger partial charge in [0.15, 0.2) is 45.6 Å². The number of hydrogen-bond donors (Lipinski definition) is 4. The van der Waals surface area contributed by atoms with Crippen molar-refractivity contribution in [1.82, 2.24) is 49.6 Å². The summed E-state index contributed by atoms with van der Waals surface area (Å²) in [5, 5.41) is 32.3. The van der Waals surface area contributed by atoms with Gasteiger partial charge in [-0.3, -0.25) is 9.59 Å². The van der Waals surface area contributed by atoms with Gasteiger partial charge in [-0.15, -0.1) is 30.6 Å². The highest BCUT2D eigenvalue weighted by Crippen LogP contribution is 2.27. The molecule has 0 bridgehead atoms. The molecule has 7 rings (SSSR count). The normalized spacial score (nSPS) is 11.5. The lowest BCUT2D eigenvalue weighted by Crippen LogP contribution is -2.22. The first-order valence-electron chi connectivity index (χ1n) is 13.4. The number of benzene rings is 1. The van der Waals surface area contributed by atoms with Crippen molar-refractivity contribution in [3.8, 4) is 0 Å². The number of nitrogens with two attached hydrogens (primary N) is 2. The van der Waals surface area contributed by atoms with Crippen molar-refractivity contribution < 1.29 is 9.59 Å². The molecule has 16 nitrogen and oxygen atoms in total. The third-order valence-corrected chi connectivity index (χ3v) is 7.17. The molecule has 44 heavy (non-hydrogen) atoms. The molecular weight excluding hydrogens is 564 g/mol. The van der Waals surface area contributed by atoms with Gasteiger partial charge in [0.25, 0.3) is 11.8 Å². The quantitative estimate of drug-likeness (QED) is 0.233. The van der Waals surface area contributed by atoms with E-state index in [0.717, 1.165) is 22.5 Å². The molecule has 218 valence electrons. The number of carbonyl (C=O) groups excluding carboxylic acids is 2. The van der Waals surface area contributed by atoms with Gasteiger partial charge in [-0.2, -0.15) is 9.03 Å². The van der Waals surface area contributed by atoms with Crippen molar-refractivity contribution in [2.24, 2.45) is 0 Å². The maximum Gasteiger partial charge on any atom is 0.280 e. The van der Waals surface area contributed by atoms with Crippen LogP contribution in [0, 0.1) is 27.7 Å². The first kappa shape index (κ1) is 26.6. The van der Waals surface area contributed by atoms with Crippen LogP contribution in [0.3, 0.4) is 0 Å². The van der Waals surface area contributed by atoms with Crippen molar-refractivity contribution in [2.75, 3.05) is 22.1 Å². The molecule has 2 amide bonds. The van der Waals surface area contributed by atoms with Crippen LogP contribution in [0.4, 0.5) is 23.0 Å². The molecule has 16 heteroatoms. The number of anilines is 4. The second kappa shape index (κ2) is 9.62. The topological polar surface area (TPSA) is 222 Å². The summed E-state index contributed by atoms with van der Waals surface area (Å²) in [5.74, 6) is -1.37. The monoisotopic (exact) mass is 588 g/mol. The number of fused-ring (bicyclic) bond motifs is 6. The highest BCUT2D eigenvalue weighted by atomic mass is 16.2. The lowest BCUT2D eigenvalue weighted by molar-refractivity contribution is 0.101. The molecule has 6 heterocycles. The van der Waals surface area contributed by atoms with Crippen molar-refractivity contribution in [2.45, 2.75) is 27.7 Å². The number of pyridine rings is 2. The zero-order chi connectivity index (χ0) is 30.9. The van der Waals surface area contributed by atoms with Crippen LogP contribution in [0.15, 0.2) is 36.4 Å². The highest BCUT2D eigenvalue weighted by Gasteiger charge is 2.23. The zero-order valence-electron chi connectivity index (χ0n) is 23.9.